The third-order valence-corrected chi connectivity index (χ3v) is 28.4. The van der Waals surface area contributed by atoms with Crippen LogP contribution in [-0.4, -0.2) is 19.1 Å². The van der Waals surface area contributed by atoms with E-state index in [1.807, 2.05) is 0 Å². The number of para-hydroxylation sites is 3. The Balaban J connectivity index is 1.00. The number of hydrogen-bond acceptors (Lipinski definition) is 2. The van der Waals surface area contributed by atoms with Crippen LogP contribution in [0.5, 0.6) is 0 Å². The highest BCUT2D eigenvalue weighted by molar-refractivity contribution is 8.34. The van der Waals surface area contributed by atoms with E-state index in [1.165, 1.54) is 29.4 Å². The van der Waals surface area contributed by atoms with Crippen LogP contribution in [-0.2, 0) is 0 Å². The van der Waals surface area contributed by atoms with Crippen molar-refractivity contribution >= 4 is 63.7 Å². The molecule has 0 atom stereocenters. The molecule has 0 bridgehead atoms. The molecule has 6 heteroatoms. The zero-order chi connectivity index (χ0) is 70.4. The third-order valence-electron chi connectivity index (χ3n) is 20.7. The number of hydrogen-bond donors (Lipinski definition) is 0. The molecule has 3 heterocycles. The molecule has 0 fully saturated rings. The van der Waals surface area contributed by atoms with Crippen molar-refractivity contribution in [2.45, 2.75) is 39.2 Å². The molecule has 19 aromatic rings. The fourth-order valence-electron chi connectivity index (χ4n) is 15.9. The Labute approximate surface area is 620 Å². The van der Waals surface area contributed by atoms with Crippen LogP contribution in [0.25, 0.3) is 122 Å². The van der Waals surface area contributed by atoms with E-state index in [9.17, 15) is 0 Å². The molecule has 16 aromatic carbocycles. The van der Waals surface area contributed by atoms with Gasteiger partial charge in [-0.3, -0.25) is 9.13 Å². The van der Waals surface area contributed by atoms with Crippen molar-refractivity contribution in [2.24, 2.45) is 0 Å². The lowest BCUT2D eigenvalue weighted by Gasteiger charge is -2.46. The largest absolute Gasteiger partial charge is 0.294 e. The highest BCUT2D eigenvalue weighted by Crippen LogP contribution is 2.78. The summed E-state index contributed by atoms with van der Waals surface area (Å²) >= 11 is 0. The smallest absolute Gasteiger partial charge is 0.237 e. The Morgan fingerprint density at radius 2 is 0.453 bits per heavy atom. The number of benzene rings is 16. The van der Waals surface area contributed by atoms with Crippen LogP contribution in [0.15, 0.2) is 464 Å². The van der Waals surface area contributed by atoms with Crippen LogP contribution < -0.4 is 0 Å². The van der Waals surface area contributed by atoms with Gasteiger partial charge in [-0.2, -0.15) is 4.98 Å². The highest BCUT2D eigenvalue weighted by Gasteiger charge is 2.40. The van der Waals surface area contributed by atoms with Gasteiger partial charge >= 0.3 is 0 Å². The van der Waals surface area contributed by atoms with E-state index in [0.29, 0.717) is 5.95 Å². The van der Waals surface area contributed by atoms with Crippen molar-refractivity contribution in [2.75, 3.05) is 0 Å². The van der Waals surface area contributed by atoms with Gasteiger partial charge < -0.3 is 0 Å². The van der Waals surface area contributed by atoms with E-state index >= 15 is 0 Å². The second-order valence-electron chi connectivity index (χ2n) is 26.9. The van der Waals surface area contributed by atoms with Gasteiger partial charge in [-0.15, -0.1) is 20.1 Å². The predicted molar refractivity (Wildman–Crippen MR) is 443 cm³/mol. The van der Waals surface area contributed by atoms with E-state index in [4.69, 9.17) is 9.97 Å². The Hall–Kier alpha value is -13.1. The van der Waals surface area contributed by atoms with E-state index < -0.39 is 20.1 Å². The summed E-state index contributed by atoms with van der Waals surface area (Å²) in [6, 6.07) is 158. The summed E-state index contributed by atoms with van der Waals surface area (Å²) < 4.78 is 4.66. The monoisotopic (exact) mass is 1390 g/mol. The molecule has 0 spiro atoms. The van der Waals surface area contributed by atoms with Crippen LogP contribution in [0.2, 0.25) is 0 Å². The van der Waals surface area contributed by atoms with Crippen molar-refractivity contribution < 1.29 is 0 Å². The predicted octanol–water partition coefficient (Wildman–Crippen LogP) is 27.4. The summed E-state index contributed by atoms with van der Waals surface area (Å²) in [5.74, 6) is 1.30. The van der Waals surface area contributed by atoms with Gasteiger partial charge in [-0.1, -0.05) is 297 Å². The molecular weight excluding hydrogens is 1320 g/mol. The van der Waals surface area contributed by atoms with Crippen LogP contribution >= 0.6 is 20.1 Å². The van der Waals surface area contributed by atoms with E-state index in [2.05, 4.69) is 434 Å². The van der Waals surface area contributed by atoms with Gasteiger partial charge in [-0.05, 0) is 177 Å². The van der Waals surface area contributed by atoms with Gasteiger partial charge in [0.05, 0.1) is 27.8 Å². The highest BCUT2D eigenvalue weighted by atomic mass is 32.3. The first-order valence-corrected chi connectivity index (χ1v) is 39.3. The topological polar surface area (TPSA) is 35.6 Å². The first-order chi connectivity index (χ1) is 52.5. The SMILES string of the molecule is c1ccc(-c2cccc(S(c3ccccc3)(c3cccc(-c4ccccc4)c3)c3cc(-c4cc(-n5c6ccccc6c6ccccc65)nc(-n5c6ccccc6c6cc(-c7ccccc7)ccc65)n4)cc(S(c4ccccc4)(c4cccc(-c5ccccc5)c4)c4cccc(-c5ccccc5)c4)c3)c2)cc1. The minimum Gasteiger partial charge on any atom is -0.294 e. The molecule has 3 aromatic heterocycles. The Morgan fingerprint density at radius 3 is 0.830 bits per heavy atom. The molecule has 0 radical (unpaired) electrons. The molecular formula is C100H70N4S2. The molecule has 19 rings (SSSR count). The van der Waals surface area contributed by atoms with Crippen molar-refractivity contribution in [3.63, 3.8) is 0 Å². The van der Waals surface area contributed by atoms with Crippen LogP contribution in [0, 0.1) is 0 Å². The maximum absolute atomic E-state index is 6.15. The van der Waals surface area contributed by atoms with Crippen molar-refractivity contribution in [1.29, 1.82) is 0 Å². The first kappa shape index (κ1) is 63.8. The quantitative estimate of drug-likeness (QED) is 0.0966. The summed E-state index contributed by atoms with van der Waals surface area (Å²) in [4.78, 5) is 21.6. The first-order valence-electron chi connectivity index (χ1n) is 36.1. The minimum absolute atomic E-state index is 0.556. The molecule has 0 aliphatic heterocycles. The van der Waals surface area contributed by atoms with Gasteiger partial charge in [-0.25, -0.2) is 4.98 Å². The molecule has 0 saturated heterocycles. The fourth-order valence-corrected chi connectivity index (χ4v) is 23.9. The van der Waals surface area contributed by atoms with E-state index in [1.54, 1.807) is 0 Å². The summed E-state index contributed by atoms with van der Waals surface area (Å²) in [5, 5.41) is 4.53. The van der Waals surface area contributed by atoms with Gasteiger partial charge in [0.15, 0.2) is 0 Å². The van der Waals surface area contributed by atoms with Gasteiger partial charge in [0.25, 0.3) is 0 Å². The summed E-state index contributed by atoms with van der Waals surface area (Å²) in [7, 11) is -5.25. The second-order valence-corrected chi connectivity index (χ2v) is 33.1. The van der Waals surface area contributed by atoms with Gasteiger partial charge in [0.2, 0.25) is 5.95 Å². The van der Waals surface area contributed by atoms with E-state index in [0.717, 1.165) is 126 Å². The Morgan fingerprint density at radius 1 is 0.170 bits per heavy atom. The summed E-state index contributed by atoms with van der Waals surface area (Å²) in [6.45, 7) is 0. The Kier molecular flexibility index (Phi) is 16.4. The second kappa shape index (κ2) is 27.3. The molecule has 0 saturated carbocycles. The third kappa shape index (κ3) is 11.1. The van der Waals surface area contributed by atoms with Crippen molar-refractivity contribution in [3.8, 4) is 78.7 Å². The molecule has 0 amide bonds. The van der Waals surface area contributed by atoms with Gasteiger partial charge in [0.1, 0.15) is 5.82 Å². The molecule has 0 unspecified atom stereocenters. The average molecular weight is 1390 g/mol. The number of fused-ring (bicyclic) bond motifs is 6. The molecule has 0 aliphatic rings. The van der Waals surface area contributed by atoms with Gasteiger partial charge in [0, 0.05) is 72.3 Å². The zero-order valence-electron chi connectivity index (χ0n) is 58.0. The number of nitrogens with zero attached hydrogens (tertiary/aromatic N) is 4. The van der Waals surface area contributed by atoms with Crippen LogP contribution in [0.1, 0.15) is 0 Å². The lowest BCUT2D eigenvalue weighted by Crippen LogP contribution is -2.10. The molecule has 502 valence electrons. The molecule has 106 heavy (non-hydrogen) atoms. The number of rotatable bonds is 16. The lowest BCUT2D eigenvalue weighted by molar-refractivity contribution is 0.951. The van der Waals surface area contributed by atoms with Crippen molar-refractivity contribution in [3.05, 3.63) is 425 Å². The molecule has 0 aliphatic carbocycles. The fraction of sp³-hybridized carbons (Fsp3) is 0. The van der Waals surface area contributed by atoms with Crippen LogP contribution in [0.3, 0.4) is 0 Å². The summed E-state index contributed by atoms with van der Waals surface area (Å²) in [6.07, 6.45) is 0. The minimum atomic E-state index is -2.62. The lowest BCUT2D eigenvalue weighted by atomic mass is 10.0. The van der Waals surface area contributed by atoms with Crippen molar-refractivity contribution in [1.82, 2.24) is 19.1 Å². The number of aromatic nitrogens is 4. The Bertz CT molecular complexity index is 5990. The van der Waals surface area contributed by atoms with Crippen LogP contribution in [0.4, 0.5) is 0 Å². The summed E-state index contributed by atoms with van der Waals surface area (Å²) in [5.41, 5.74) is 17.3. The van der Waals surface area contributed by atoms with E-state index in [-0.39, 0.29) is 0 Å². The average Bonchev–Trinajstić information content (AvgIpc) is 0.890. The molecule has 4 nitrogen and oxygen atoms in total. The zero-order valence-corrected chi connectivity index (χ0v) is 59.7. The molecule has 0 N–H and O–H groups in total. The maximum atomic E-state index is 6.15. The maximum Gasteiger partial charge on any atom is 0.237 e. The normalized spacial score (nSPS) is 12.1. The standard InChI is InChI=1S/C100H70N4S2/c1-8-32-71(33-9-1)76-42-28-50-84(62-76)105(82-46-18-6-19-47-82,85-51-29-43-77(63-85)72-34-10-2-11-35-72)88-66-81(67-89(69-88)106(83-48-20-7-21-49-83,86-52-30-44-78(64-86)73-36-12-3-13-37-73)87-53-31-45-79(65-87)74-38-14-4-15-39-74)94-70-99(103-95-57-25-22-54-90(95)91-55-23-26-58-96(91)103)102-100(101-94)104-97-59-27-24-56-92(97)93-68-80(60-61-98(93)104)75-40-16-5-17-41-75/h1-70H.